The highest BCUT2D eigenvalue weighted by Gasteiger charge is 2.03. The smallest absolute Gasteiger partial charge is 0.141 e. The standard InChI is InChI=1S/C16H15N3O/c1-11(12-3-5-13(20-2)6-4-12)9-15-14-7-8-17-16(14)19-10-18-15/h3-10H,1-2H3,(H,17,18,19)/b11-9+. The van der Waals surface area contributed by atoms with Gasteiger partial charge in [0.2, 0.25) is 0 Å². The van der Waals surface area contributed by atoms with Crippen molar-refractivity contribution in [3.63, 3.8) is 0 Å². The van der Waals surface area contributed by atoms with Crippen LogP contribution in [0.15, 0.2) is 42.9 Å². The zero-order valence-corrected chi connectivity index (χ0v) is 11.4. The lowest BCUT2D eigenvalue weighted by Gasteiger charge is -2.04. The Balaban J connectivity index is 1.99. The van der Waals surface area contributed by atoms with Gasteiger partial charge in [-0.15, -0.1) is 0 Å². The van der Waals surface area contributed by atoms with Gasteiger partial charge in [0.1, 0.15) is 17.7 Å². The van der Waals surface area contributed by atoms with Crippen molar-refractivity contribution in [2.24, 2.45) is 0 Å². The molecule has 1 aromatic carbocycles. The molecule has 0 amide bonds. The van der Waals surface area contributed by atoms with Gasteiger partial charge >= 0.3 is 0 Å². The number of rotatable bonds is 3. The van der Waals surface area contributed by atoms with Gasteiger partial charge in [0.15, 0.2) is 0 Å². The Morgan fingerprint density at radius 3 is 2.70 bits per heavy atom. The molecule has 4 heteroatoms. The molecule has 0 atom stereocenters. The van der Waals surface area contributed by atoms with Crippen LogP contribution in [0.1, 0.15) is 18.2 Å². The van der Waals surface area contributed by atoms with E-state index in [2.05, 4.69) is 28.0 Å². The van der Waals surface area contributed by atoms with Gasteiger partial charge in [-0.2, -0.15) is 0 Å². The predicted molar refractivity (Wildman–Crippen MR) is 80.4 cm³/mol. The first-order valence-corrected chi connectivity index (χ1v) is 6.39. The van der Waals surface area contributed by atoms with Gasteiger partial charge in [0.25, 0.3) is 0 Å². The minimum absolute atomic E-state index is 0.855. The number of nitrogens with one attached hydrogen (secondary N) is 1. The zero-order chi connectivity index (χ0) is 13.9. The Morgan fingerprint density at radius 1 is 1.15 bits per heavy atom. The molecule has 0 spiro atoms. The minimum atomic E-state index is 0.855. The van der Waals surface area contributed by atoms with E-state index in [-0.39, 0.29) is 0 Å². The molecular formula is C16H15N3O. The molecule has 1 N–H and O–H groups in total. The predicted octanol–water partition coefficient (Wildman–Crippen LogP) is 3.53. The third kappa shape index (κ3) is 2.28. The largest absolute Gasteiger partial charge is 0.497 e. The number of H-pyrrole nitrogens is 1. The van der Waals surface area contributed by atoms with Gasteiger partial charge in [0.05, 0.1) is 12.8 Å². The highest BCUT2D eigenvalue weighted by Crippen LogP contribution is 2.22. The van der Waals surface area contributed by atoms with Crippen molar-refractivity contribution in [3.8, 4) is 5.75 Å². The van der Waals surface area contributed by atoms with Gasteiger partial charge < -0.3 is 9.72 Å². The normalized spacial score (nSPS) is 11.8. The highest BCUT2D eigenvalue weighted by atomic mass is 16.5. The van der Waals surface area contributed by atoms with Crippen LogP contribution >= 0.6 is 0 Å². The molecule has 0 aliphatic heterocycles. The molecule has 100 valence electrons. The summed E-state index contributed by atoms with van der Waals surface area (Å²) in [5.74, 6) is 0.858. The lowest BCUT2D eigenvalue weighted by atomic mass is 10.1. The number of methoxy groups -OCH3 is 1. The van der Waals surface area contributed by atoms with Crippen LogP contribution in [0.4, 0.5) is 0 Å². The van der Waals surface area contributed by atoms with E-state index in [0.29, 0.717) is 0 Å². The van der Waals surface area contributed by atoms with Crippen molar-refractivity contribution in [2.75, 3.05) is 7.11 Å². The maximum Gasteiger partial charge on any atom is 0.141 e. The van der Waals surface area contributed by atoms with Crippen LogP contribution in [0.2, 0.25) is 0 Å². The number of fused-ring (bicyclic) bond motifs is 1. The van der Waals surface area contributed by atoms with Crippen molar-refractivity contribution in [3.05, 3.63) is 54.1 Å². The maximum absolute atomic E-state index is 5.17. The minimum Gasteiger partial charge on any atom is -0.497 e. The highest BCUT2D eigenvalue weighted by molar-refractivity contribution is 5.90. The molecule has 0 fully saturated rings. The summed E-state index contributed by atoms with van der Waals surface area (Å²) in [7, 11) is 1.67. The number of nitrogens with zero attached hydrogens (tertiary/aromatic N) is 2. The van der Waals surface area contributed by atoms with Crippen LogP contribution < -0.4 is 4.74 Å². The van der Waals surface area contributed by atoms with Gasteiger partial charge in [0, 0.05) is 11.6 Å². The van der Waals surface area contributed by atoms with E-state index in [1.807, 2.05) is 36.5 Å². The molecule has 0 aliphatic carbocycles. The van der Waals surface area contributed by atoms with Crippen molar-refractivity contribution >= 4 is 22.7 Å². The molecule has 0 aliphatic rings. The second kappa shape index (κ2) is 5.17. The van der Waals surface area contributed by atoms with Crippen molar-refractivity contribution in [1.29, 1.82) is 0 Å². The topological polar surface area (TPSA) is 50.8 Å². The maximum atomic E-state index is 5.17. The molecule has 0 saturated carbocycles. The number of aromatic nitrogens is 3. The van der Waals surface area contributed by atoms with Crippen molar-refractivity contribution < 1.29 is 4.74 Å². The van der Waals surface area contributed by atoms with E-state index in [1.54, 1.807) is 13.4 Å². The SMILES string of the molecule is COc1ccc(/C(C)=C/c2ncnc3[nH]ccc23)cc1. The fourth-order valence-corrected chi connectivity index (χ4v) is 2.15. The van der Waals surface area contributed by atoms with Gasteiger partial charge in [-0.1, -0.05) is 12.1 Å². The average Bonchev–Trinajstić information content (AvgIpc) is 2.97. The molecule has 0 saturated heterocycles. The summed E-state index contributed by atoms with van der Waals surface area (Å²) in [6, 6.07) is 9.99. The summed E-state index contributed by atoms with van der Waals surface area (Å²) in [5, 5.41) is 1.03. The third-order valence-electron chi connectivity index (χ3n) is 3.28. The number of ether oxygens (including phenoxy) is 1. The van der Waals surface area contributed by atoms with Gasteiger partial charge in [-0.25, -0.2) is 9.97 Å². The fraction of sp³-hybridized carbons (Fsp3) is 0.125. The van der Waals surface area contributed by atoms with Crippen LogP contribution in [0.3, 0.4) is 0 Å². The Kier molecular flexibility index (Phi) is 3.21. The van der Waals surface area contributed by atoms with E-state index in [4.69, 9.17) is 4.74 Å². The number of hydrogen-bond donors (Lipinski definition) is 1. The number of benzene rings is 1. The first kappa shape index (κ1) is 12.4. The second-order valence-electron chi connectivity index (χ2n) is 4.55. The van der Waals surface area contributed by atoms with Crippen LogP contribution in [0.5, 0.6) is 5.75 Å². The van der Waals surface area contributed by atoms with Gasteiger partial charge in [-0.05, 0) is 42.3 Å². The molecule has 0 unspecified atom stereocenters. The zero-order valence-electron chi connectivity index (χ0n) is 11.4. The Morgan fingerprint density at radius 2 is 1.95 bits per heavy atom. The fourth-order valence-electron chi connectivity index (χ4n) is 2.15. The molecule has 2 aromatic heterocycles. The Labute approximate surface area is 117 Å². The first-order valence-electron chi connectivity index (χ1n) is 6.39. The summed E-state index contributed by atoms with van der Waals surface area (Å²) in [4.78, 5) is 11.6. The van der Waals surface area contributed by atoms with E-state index < -0.39 is 0 Å². The molecule has 4 nitrogen and oxygen atoms in total. The average molecular weight is 265 g/mol. The number of hydrogen-bond acceptors (Lipinski definition) is 3. The summed E-state index contributed by atoms with van der Waals surface area (Å²) >= 11 is 0. The summed E-state index contributed by atoms with van der Waals surface area (Å²) in [5.41, 5.74) is 4.07. The monoisotopic (exact) mass is 265 g/mol. The van der Waals surface area contributed by atoms with Gasteiger partial charge in [-0.3, -0.25) is 0 Å². The quantitative estimate of drug-likeness (QED) is 0.788. The van der Waals surface area contributed by atoms with Crippen molar-refractivity contribution in [1.82, 2.24) is 15.0 Å². The molecule has 20 heavy (non-hydrogen) atoms. The molecule has 0 radical (unpaired) electrons. The van der Waals surface area contributed by atoms with Crippen molar-refractivity contribution in [2.45, 2.75) is 6.92 Å². The second-order valence-corrected chi connectivity index (χ2v) is 4.55. The van der Waals surface area contributed by atoms with E-state index >= 15 is 0 Å². The molecule has 3 rings (SSSR count). The lowest BCUT2D eigenvalue weighted by Crippen LogP contribution is -1.87. The summed E-state index contributed by atoms with van der Waals surface area (Å²) in [6.07, 6.45) is 5.52. The first-order chi connectivity index (χ1) is 9.78. The molecule has 0 bridgehead atoms. The molecular weight excluding hydrogens is 250 g/mol. The number of aromatic amines is 1. The molecule has 2 heterocycles. The van der Waals surface area contributed by atoms with E-state index in [1.165, 1.54) is 0 Å². The van der Waals surface area contributed by atoms with Crippen LogP contribution in [-0.2, 0) is 0 Å². The molecule has 3 aromatic rings. The summed E-state index contributed by atoms with van der Waals surface area (Å²) < 4.78 is 5.17. The lowest BCUT2D eigenvalue weighted by molar-refractivity contribution is 0.415. The van der Waals surface area contributed by atoms with E-state index in [9.17, 15) is 0 Å². The Bertz CT molecular complexity index is 757. The van der Waals surface area contributed by atoms with Crippen LogP contribution in [0, 0.1) is 0 Å². The number of allylic oxidation sites excluding steroid dienone is 1. The van der Waals surface area contributed by atoms with Crippen LogP contribution in [-0.4, -0.2) is 22.1 Å². The van der Waals surface area contributed by atoms with Crippen LogP contribution in [0.25, 0.3) is 22.7 Å². The third-order valence-corrected chi connectivity index (χ3v) is 3.28. The van der Waals surface area contributed by atoms with E-state index in [0.717, 1.165) is 33.6 Å². The summed E-state index contributed by atoms with van der Waals surface area (Å²) in [6.45, 7) is 2.07. The Hall–Kier alpha value is -2.62.